The van der Waals surface area contributed by atoms with E-state index in [9.17, 15) is 19.2 Å². The van der Waals surface area contributed by atoms with Crippen LogP contribution in [-0.4, -0.2) is 36.0 Å². The van der Waals surface area contributed by atoms with E-state index >= 15 is 0 Å². The molecule has 1 aliphatic heterocycles. The van der Waals surface area contributed by atoms with Crippen LogP contribution < -0.4 is 19.7 Å². The first-order chi connectivity index (χ1) is 17.3. The summed E-state index contributed by atoms with van der Waals surface area (Å²) in [7, 11) is 1.43. The summed E-state index contributed by atoms with van der Waals surface area (Å²) < 4.78 is 11.2. The number of carbonyl (C=O) groups excluding carboxylic acids is 3. The standard InChI is InChI=1S/C26H19ClN2O7/c1-35-22-12-15(8-9-21(22)36-14-16-4-2-5-17(10-16)25(32)33)11-20-23(30)28-26(34)29(24(20)31)19-7-3-6-18(27)13-19/h2-13H,14H2,1H3,(H,32,33)(H,28,30,34)/b20-11+. The quantitative estimate of drug-likeness (QED) is 0.362. The highest BCUT2D eigenvalue weighted by molar-refractivity contribution is 6.39. The second-order valence-electron chi connectivity index (χ2n) is 7.64. The van der Waals surface area contributed by atoms with Crippen molar-refractivity contribution in [3.8, 4) is 11.5 Å². The lowest BCUT2D eigenvalue weighted by atomic mass is 10.1. The SMILES string of the molecule is COc1cc(/C=C2\C(=O)NC(=O)N(c3cccc(Cl)c3)C2=O)ccc1OCc1cccc(C(=O)O)c1. The van der Waals surface area contributed by atoms with Crippen molar-refractivity contribution in [2.24, 2.45) is 0 Å². The van der Waals surface area contributed by atoms with Gasteiger partial charge in [0.15, 0.2) is 11.5 Å². The molecule has 9 nitrogen and oxygen atoms in total. The van der Waals surface area contributed by atoms with Crippen LogP contribution in [0.4, 0.5) is 10.5 Å². The van der Waals surface area contributed by atoms with Crippen LogP contribution >= 0.6 is 11.6 Å². The van der Waals surface area contributed by atoms with Gasteiger partial charge in [0, 0.05) is 5.02 Å². The van der Waals surface area contributed by atoms with Gasteiger partial charge < -0.3 is 14.6 Å². The average Bonchev–Trinajstić information content (AvgIpc) is 2.85. The molecule has 0 aliphatic carbocycles. The van der Waals surface area contributed by atoms with Crippen LogP contribution in [-0.2, 0) is 16.2 Å². The fraction of sp³-hybridized carbons (Fsp3) is 0.0769. The van der Waals surface area contributed by atoms with Gasteiger partial charge in [-0.25, -0.2) is 14.5 Å². The van der Waals surface area contributed by atoms with E-state index < -0.39 is 23.8 Å². The Bertz CT molecular complexity index is 1420. The zero-order valence-corrected chi connectivity index (χ0v) is 19.6. The van der Waals surface area contributed by atoms with Crippen molar-refractivity contribution in [3.05, 3.63) is 94.0 Å². The fourth-order valence-electron chi connectivity index (χ4n) is 3.52. The Morgan fingerprint density at radius 3 is 2.53 bits per heavy atom. The van der Waals surface area contributed by atoms with E-state index in [4.69, 9.17) is 26.2 Å². The molecule has 3 aromatic rings. The number of urea groups is 1. The van der Waals surface area contributed by atoms with Crippen molar-refractivity contribution in [3.63, 3.8) is 0 Å². The van der Waals surface area contributed by atoms with Crippen LogP contribution in [0.2, 0.25) is 5.02 Å². The molecule has 3 aromatic carbocycles. The number of benzene rings is 3. The highest BCUT2D eigenvalue weighted by Gasteiger charge is 2.36. The molecule has 1 saturated heterocycles. The first kappa shape index (κ1) is 24.5. The first-order valence-corrected chi connectivity index (χ1v) is 10.9. The van der Waals surface area contributed by atoms with Crippen LogP contribution in [0.25, 0.3) is 6.08 Å². The van der Waals surface area contributed by atoms with E-state index in [-0.39, 0.29) is 23.4 Å². The number of carbonyl (C=O) groups is 4. The maximum atomic E-state index is 13.1. The summed E-state index contributed by atoms with van der Waals surface area (Å²) in [5, 5.41) is 11.6. The summed E-state index contributed by atoms with van der Waals surface area (Å²) in [5.74, 6) is -1.98. The van der Waals surface area contributed by atoms with Crippen molar-refractivity contribution in [2.45, 2.75) is 6.61 Å². The molecule has 1 fully saturated rings. The third-order valence-electron chi connectivity index (χ3n) is 5.24. The Hall–Kier alpha value is -4.63. The topological polar surface area (TPSA) is 122 Å². The van der Waals surface area contributed by atoms with Crippen molar-refractivity contribution in [2.75, 3.05) is 12.0 Å². The van der Waals surface area contributed by atoms with E-state index in [0.717, 1.165) is 4.90 Å². The molecule has 0 saturated carbocycles. The maximum Gasteiger partial charge on any atom is 0.335 e. The number of carboxylic acid groups (broad SMARTS) is 1. The largest absolute Gasteiger partial charge is 0.493 e. The molecule has 4 amide bonds. The molecule has 0 bridgehead atoms. The van der Waals surface area contributed by atoms with Crippen molar-refractivity contribution in [1.82, 2.24) is 5.32 Å². The van der Waals surface area contributed by atoms with Crippen LogP contribution in [0.15, 0.2) is 72.3 Å². The van der Waals surface area contributed by atoms with Gasteiger partial charge in [-0.2, -0.15) is 0 Å². The lowest BCUT2D eigenvalue weighted by Crippen LogP contribution is -2.54. The third kappa shape index (κ3) is 5.21. The molecule has 10 heteroatoms. The highest BCUT2D eigenvalue weighted by atomic mass is 35.5. The van der Waals surface area contributed by atoms with Crippen molar-refractivity contribution < 1.29 is 33.8 Å². The summed E-state index contributed by atoms with van der Waals surface area (Å²) in [6.07, 6.45) is 1.34. The molecule has 2 N–H and O–H groups in total. The summed E-state index contributed by atoms with van der Waals surface area (Å²) >= 11 is 5.99. The molecule has 0 spiro atoms. The number of carboxylic acids is 1. The van der Waals surface area contributed by atoms with E-state index in [1.165, 1.54) is 37.5 Å². The molecule has 36 heavy (non-hydrogen) atoms. The number of barbiturate groups is 1. The minimum absolute atomic E-state index is 0.0928. The Balaban J connectivity index is 1.58. The second-order valence-corrected chi connectivity index (χ2v) is 8.08. The molecule has 0 unspecified atom stereocenters. The Labute approximate surface area is 210 Å². The smallest absolute Gasteiger partial charge is 0.335 e. The van der Waals surface area contributed by atoms with Gasteiger partial charge in [-0.15, -0.1) is 0 Å². The number of anilines is 1. The van der Waals surface area contributed by atoms with Crippen molar-refractivity contribution in [1.29, 1.82) is 0 Å². The molecule has 0 aromatic heterocycles. The number of halogens is 1. The van der Waals surface area contributed by atoms with E-state index in [2.05, 4.69) is 5.32 Å². The lowest BCUT2D eigenvalue weighted by Gasteiger charge is -2.26. The van der Waals surface area contributed by atoms with Gasteiger partial charge in [0.05, 0.1) is 18.4 Å². The molecule has 4 rings (SSSR count). The lowest BCUT2D eigenvalue weighted by molar-refractivity contribution is -0.122. The van der Waals surface area contributed by atoms with Gasteiger partial charge in [-0.05, 0) is 59.7 Å². The second kappa shape index (κ2) is 10.3. The van der Waals surface area contributed by atoms with E-state index in [1.807, 2.05) is 0 Å². The first-order valence-electron chi connectivity index (χ1n) is 10.6. The Kier molecular flexibility index (Phi) is 7.03. The summed E-state index contributed by atoms with van der Waals surface area (Å²) in [4.78, 5) is 49.8. The number of hydrogen-bond donors (Lipinski definition) is 2. The third-order valence-corrected chi connectivity index (χ3v) is 5.47. The predicted octanol–water partition coefficient (Wildman–Crippen LogP) is 4.29. The monoisotopic (exact) mass is 506 g/mol. The number of methoxy groups -OCH3 is 1. The van der Waals surface area contributed by atoms with Crippen molar-refractivity contribution >= 4 is 47.2 Å². The summed E-state index contributed by atoms with van der Waals surface area (Å²) in [5.41, 5.74) is 1.21. The normalized spacial score (nSPS) is 14.6. The number of nitrogens with zero attached hydrogens (tertiary/aromatic N) is 1. The van der Waals surface area contributed by atoms with Crippen LogP contribution in [0.5, 0.6) is 11.5 Å². The van der Waals surface area contributed by atoms with Gasteiger partial charge in [-0.3, -0.25) is 14.9 Å². The average molecular weight is 507 g/mol. The van der Waals surface area contributed by atoms with Crippen LogP contribution in [0.1, 0.15) is 21.5 Å². The van der Waals surface area contributed by atoms with Crippen LogP contribution in [0, 0.1) is 0 Å². The highest BCUT2D eigenvalue weighted by Crippen LogP contribution is 2.31. The maximum absolute atomic E-state index is 13.1. The minimum atomic E-state index is -1.04. The number of ether oxygens (including phenoxy) is 2. The Morgan fingerprint density at radius 2 is 1.81 bits per heavy atom. The number of nitrogens with one attached hydrogen (secondary N) is 1. The van der Waals surface area contributed by atoms with Gasteiger partial charge >= 0.3 is 12.0 Å². The molecular weight excluding hydrogens is 488 g/mol. The summed E-state index contributed by atoms with van der Waals surface area (Å²) in [6, 6.07) is 16.4. The zero-order chi connectivity index (χ0) is 25.8. The molecule has 182 valence electrons. The molecule has 0 radical (unpaired) electrons. The number of amides is 4. The van der Waals surface area contributed by atoms with Gasteiger partial charge in [-0.1, -0.05) is 35.9 Å². The van der Waals surface area contributed by atoms with E-state index in [0.29, 0.717) is 27.6 Å². The zero-order valence-electron chi connectivity index (χ0n) is 18.9. The van der Waals surface area contributed by atoms with E-state index in [1.54, 1.807) is 42.5 Å². The van der Waals surface area contributed by atoms with Crippen LogP contribution in [0.3, 0.4) is 0 Å². The predicted molar refractivity (Wildman–Crippen MR) is 131 cm³/mol. The Morgan fingerprint density at radius 1 is 1.03 bits per heavy atom. The number of aromatic carboxylic acids is 1. The molecule has 0 atom stereocenters. The number of hydrogen-bond acceptors (Lipinski definition) is 6. The fourth-order valence-corrected chi connectivity index (χ4v) is 3.71. The van der Waals surface area contributed by atoms with Gasteiger partial charge in [0.1, 0.15) is 12.2 Å². The number of rotatable bonds is 7. The molecular formula is C26H19ClN2O7. The number of imide groups is 2. The minimum Gasteiger partial charge on any atom is -0.493 e. The van der Waals surface area contributed by atoms with Gasteiger partial charge in [0.2, 0.25) is 0 Å². The van der Waals surface area contributed by atoms with Gasteiger partial charge in [0.25, 0.3) is 11.8 Å². The summed E-state index contributed by atoms with van der Waals surface area (Å²) in [6.45, 7) is 0.0928. The molecule has 1 aliphatic rings. The molecule has 1 heterocycles.